The average Bonchev–Trinajstić information content (AvgIpc) is 3.62. The van der Waals surface area contributed by atoms with E-state index in [0.29, 0.717) is 37.3 Å². The van der Waals surface area contributed by atoms with E-state index in [1.807, 2.05) is 42.2 Å². The van der Waals surface area contributed by atoms with Crippen LogP contribution in [0.5, 0.6) is 5.75 Å². The van der Waals surface area contributed by atoms with E-state index in [4.69, 9.17) is 25.9 Å². The molecular weight excluding hydrogens is 697 g/mol. The zero-order valence-corrected chi connectivity index (χ0v) is 32.8. The minimum absolute atomic E-state index is 0.0315. The number of nitrogens with two attached hydrogens (primary N) is 2. The van der Waals surface area contributed by atoms with Crippen molar-refractivity contribution in [3.8, 4) is 5.75 Å². The predicted octanol–water partition coefficient (Wildman–Crippen LogP) is 3.57. The molecule has 6 rings (SSSR count). The molecule has 2 saturated heterocycles. The summed E-state index contributed by atoms with van der Waals surface area (Å²) >= 11 is 0. The summed E-state index contributed by atoms with van der Waals surface area (Å²) in [4.78, 5) is 52.2. The van der Waals surface area contributed by atoms with Crippen LogP contribution < -0.4 is 26.8 Å². The van der Waals surface area contributed by atoms with Gasteiger partial charge in [-0.05, 0) is 114 Å². The summed E-state index contributed by atoms with van der Waals surface area (Å²) in [5, 5.41) is 6.86. The number of hydrogen-bond donors (Lipinski definition) is 4. The minimum atomic E-state index is -0.781. The van der Waals surface area contributed by atoms with Gasteiger partial charge in [-0.15, -0.1) is 0 Å². The number of piperazine rings is 1. The molecular formula is C42H62N8O5. The highest BCUT2D eigenvalue weighted by molar-refractivity contribution is 5.95. The van der Waals surface area contributed by atoms with Gasteiger partial charge in [-0.1, -0.05) is 49.2 Å². The van der Waals surface area contributed by atoms with Crippen molar-refractivity contribution in [1.82, 2.24) is 25.3 Å². The van der Waals surface area contributed by atoms with E-state index in [1.54, 1.807) is 23.1 Å². The van der Waals surface area contributed by atoms with E-state index in [0.717, 1.165) is 75.7 Å². The van der Waals surface area contributed by atoms with Crippen molar-refractivity contribution in [2.75, 3.05) is 52.9 Å². The molecule has 0 radical (unpaired) electrons. The number of aliphatic imine (C=N–C) groups is 1. The third kappa shape index (κ3) is 10.6. The summed E-state index contributed by atoms with van der Waals surface area (Å²) < 4.78 is 11.9. The van der Waals surface area contributed by atoms with Gasteiger partial charge in [0.05, 0.1) is 31.3 Å². The van der Waals surface area contributed by atoms with Gasteiger partial charge in [-0.25, -0.2) is 4.99 Å². The first-order valence-corrected chi connectivity index (χ1v) is 20.5. The Morgan fingerprint density at radius 2 is 1.75 bits per heavy atom. The maximum absolute atomic E-state index is 14.8. The van der Waals surface area contributed by atoms with Crippen LogP contribution in [0, 0.1) is 5.92 Å². The average molecular weight is 759 g/mol. The summed E-state index contributed by atoms with van der Waals surface area (Å²) in [6.45, 7) is 7.40. The van der Waals surface area contributed by atoms with Crippen molar-refractivity contribution in [3.05, 3.63) is 65.2 Å². The number of benzene rings is 2. The number of piperidine rings is 1. The number of methoxy groups -OCH3 is 1. The lowest BCUT2D eigenvalue weighted by Crippen LogP contribution is -2.64. The van der Waals surface area contributed by atoms with Gasteiger partial charge in [0.25, 0.3) is 11.9 Å². The van der Waals surface area contributed by atoms with Gasteiger partial charge in [0.2, 0.25) is 11.8 Å². The molecule has 4 atom stereocenters. The second kappa shape index (κ2) is 19.6. The van der Waals surface area contributed by atoms with Gasteiger partial charge in [0, 0.05) is 25.7 Å². The quantitative estimate of drug-likeness (QED) is 0.199. The summed E-state index contributed by atoms with van der Waals surface area (Å²) in [6.07, 6.45) is 10.4. The SMILES string of the molecule is COc1cc(CNC(=O)[C@@H]2CN(C3=N[C@@H](C)[C@H](c4ccccc4)O3)CCN2C(=O)C(CCCCN2CCCCC2)NC2CCC(CN)CC2)ccc1C(N)=O. The highest BCUT2D eigenvalue weighted by Crippen LogP contribution is 2.31. The van der Waals surface area contributed by atoms with Crippen LogP contribution in [0.4, 0.5) is 0 Å². The summed E-state index contributed by atoms with van der Waals surface area (Å²) in [7, 11) is 1.48. The molecule has 4 aliphatic rings. The monoisotopic (exact) mass is 758 g/mol. The van der Waals surface area contributed by atoms with Crippen LogP contribution in [0.2, 0.25) is 0 Å². The molecule has 0 spiro atoms. The van der Waals surface area contributed by atoms with Crippen molar-refractivity contribution in [1.29, 1.82) is 0 Å². The number of carbonyl (C=O) groups is 3. The Labute approximate surface area is 326 Å². The third-order valence-corrected chi connectivity index (χ3v) is 11.9. The van der Waals surface area contributed by atoms with Crippen molar-refractivity contribution < 1.29 is 23.9 Å². The molecule has 13 nitrogen and oxygen atoms in total. The summed E-state index contributed by atoms with van der Waals surface area (Å²) in [5.74, 6) is -0.0136. The second-order valence-corrected chi connectivity index (χ2v) is 15.8. The third-order valence-electron chi connectivity index (χ3n) is 11.9. The van der Waals surface area contributed by atoms with E-state index in [9.17, 15) is 14.4 Å². The van der Waals surface area contributed by atoms with Gasteiger partial charge in [0.15, 0.2) is 0 Å². The molecule has 1 saturated carbocycles. The molecule has 300 valence electrons. The normalized spacial score (nSPS) is 25.1. The highest BCUT2D eigenvalue weighted by atomic mass is 16.5. The van der Waals surface area contributed by atoms with E-state index in [-0.39, 0.29) is 48.7 Å². The number of carbonyl (C=O) groups excluding carboxylic acids is 3. The molecule has 3 fully saturated rings. The van der Waals surface area contributed by atoms with E-state index < -0.39 is 18.0 Å². The van der Waals surface area contributed by atoms with E-state index in [1.165, 1.54) is 26.4 Å². The maximum atomic E-state index is 14.8. The summed E-state index contributed by atoms with van der Waals surface area (Å²) in [6, 6.07) is 14.6. The van der Waals surface area contributed by atoms with Crippen molar-refractivity contribution in [2.24, 2.45) is 22.4 Å². The molecule has 1 aliphatic carbocycles. The molecule has 0 aromatic heterocycles. The molecule has 3 heterocycles. The lowest BCUT2D eigenvalue weighted by atomic mass is 9.85. The molecule has 3 aliphatic heterocycles. The number of hydrogen-bond acceptors (Lipinski definition) is 10. The number of nitrogens with one attached hydrogen (secondary N) is 2. The molecule has 1 unspecified atom stereocenters. The number of primary amides is 1. The number of amidine groups is 1. The number of unbranched alkanes of at least 4 members (excludes halogenated alkanes) is 1. The van der Waals surface area contributed by atoms with Crippen molar-refractivity contribution in [3.63, 3.8) is 0 Å². The van der Waals surface area contributed by atoms with Crippen LogP contribution in [0.15, 0.2) is 53.5 Å². The molecule has 55 heavy (non-hydrogen) atoms. The zero-order chi connectivity index (χ0) is 38.7. The molecule has 2 aromatic rings. The fraction of sp³-hybridized carbons (Fsp3) is 0.619. The first-order valence-electron chi connectivity index (χ1n) is 20.5. The van der Waals surface area contributed by atoms with Gasteiger partial charge in [-0.2, -0.15) is 0 Å². The zero-order valence-electron chi connectivity index (χ0n) is 32.8. The van der Waals surface area contributed by atoms with Crippen molar-refractivity contribution in [2.45, 2.75) is 108 Å². The van der Waals surface area contributed by atoms with Gasteiger partial charge in [0.1, 0.15) is 17.9 Å². The number of amides is 3. The van der Waals surface area contributed by atoms with Gasteiger partial charge in [-0.3, -0.25) is 14.4 Å². The second-order valence-electron chi connectivity index (χ2n) is 15.8. The Hall–Kier alpha value is -4.20. The number of likely N-dealkylation sites (tertiary alicyclic amines) is 1. The number of nitrogens with zero attached hydrogens (tertiary/aromatic N) is 4. The van der Waals surface area contributed by atoms with Crippen LogP contribution in [-0.2, 0) is 20.9 Å². The largest absolute Gasteiger partial charge is 0.496 e. The van der Waals surface area contributed by atoms with Crippen LogP contribution in [0.3, 0.4) is 0 Å². The standard InChI is InChI=1S/C42H62N8O5/c1-29-38(32-11-5-3-6-12-32)55-42(46-29)49-23-24-50(36(28-49)40(52)45-27-31-16-19-34(39(44)51)37(25-31)54-2)41(53)35(47-33-17-14-30(26-43)15-18-33)13-7-10-22-48-20-8-4-9-21-48/h3,5-6,11-12,16,19,25,29-30,33,35-36,38,47H,4,7-10,13-15,17-18,20-24,26-28,43H2,1-2H3,(H2,44,51)(H,45,52)/t29-,30?,33?,35?,36-,38+/m0/s1. The van der Waals surface area contributed by atoms with E-state index in [2.05, 4.69) is 15.5 Å². The first-order chi connectivity index (χ1) is 26.7. The van der Waals surface area contributed by atoms with Crippen molar-refractivity contribution >= 4 is 23.7 Å². The Morgan fingerprint density at radius 3 is 2.45 bits per heavy atom. The first kappa shape index (κ1) is 40.5. The Balaban J connectivity index is 1.19. The molecule has 3 amide bonds. The lowest BCUT2D eigenvalue weighted by molar-refractivity contribution is -0.145. The number of rotatable bonds is 15. The Morgan fingerprint density at radius 1 is 0.982 bits per heavy atom. The van der Waals surface area contributed by atoms with Crippen LogP contribution in [-0.4, -0.2) is 116 Å². The Bertz CT molecular complexity index is 1610. The Kier molecular flexibility index (Phi) is 14.4. The van der Waals surface area contributed by atoms with Gasteiger partial charge >= 0.3 is 0 Å². The number of ether oxygens (including phenoxy) is 2. The molecule has 0 bridgehead atoms. The lowest BCUT2D eigenvalue weighted by Gasteiger charge is -2.42. The fourth-order valence-corrected chi connectivity index (χ4v) is 8.63. The van der Waals surface area contributed by atoms with Crippen LogP contribution in [0.1, 0.15) is 98.7 Å². The maximum Gasteiger partial charge on any atom is 0.288 e. The predicted molar refractivity (Wildman–Crippen MR) is 213 cm³/mol. The van der Waals surface area contributed by atoms with Crippen LogP contribution in [0.25, 0.3) is 0 Å². The van der Waals surface area contributed by atoms with Crippen LogP contribution >= 0.6 is 0 Å². The molecule has 6 N–H and O–H groups in total. The molecule has 13 heteroatoms. The minimum Gasteiger partial charge on any atom is -0.496 e. The molecule has 2 aromatic carbocycles. The van der Waals surface area contributed by atoms with Gasteiger partial charge < -0.3 is 46.3 Å². The topological polar surface area (TPSA) is 168 Å². The summed E-state index contributed by atoms with van der Waals surface area (Å²) in [5.41, 5.74) is 13.6. The highest BCUT2D eigenvalue weighted by Gasteiger charge is 2.42. The smallest absolute Gasteiger partial charge is 0.288 e. The van der Waals surface area contributed by atoms with E-state index >= 15 is 0 Å². The fourth-order valence-electron chi connectivity index (χ4n) is 8.63.